The number of nitrogens with zero attached hydrogens (tertiary/aromatic N) is 4. The van der Waals surface area contributed by atoms with Crippen molar-refractivity contribution < 1.29 is 4.79 Å². The second-order valence-corrected chi connectivity index (χ2v) is 11.4. The number of piperidine rings is 1. The molecule has 0 saturated carbocycles. The van der Waals surface area contributed by atoms with Crippen LogP contribution in [0.3, 0.4) is 0 Å². The number of unbranched alkanes of at least 4 members (excludes halogenated alkanes) is 4. The molecular formula is C27H38N4O2S2. The molecular weight excluding hydrogens is 476 g/mol. The highest BCUT2D eigenvalue weighted by atomic mass is 32.2. The van der Waals surface area contributed by atoms with Crippen molar-refractivity contribution in [1.29, 1.82) is 5.26 Å². The third-order valence-corrected chi connectivity index (χ3v) is 8.39. The minimum absolute atomic E-state index is 0.0696. The van der Waals surface area contributed by atoms with Crippen molar-refractivity contribution in [1.82, 2.24) is 9.47 Å². The van der Waals surface area contributed by atoms with E-state index < -0.39 is 0 Å². The number of hydrogen-bond acceptors (Lipinski definition) is 6. The van der Waals surface area contributed by atoms with Gasteiger partial charge in [-0.1, -0.05) is 70.4 Å². The Bertz CT molecular complexity index is 1080. The summed E-state index contributed by atoms with van der Waals surface area (Å²) in [4.78, 5) is 31.2. The summed E-state index contributed by atoms with van der Waals surface area (Å²) in [7, 11) is 0. The number of rotatable bonds is 10. The van der Waals surface area contributed by atoms with Crippen LogP contribution in [0.15, 0.2) is 9.70 Å². The normalized spacial score (nSPS) is 18.1. The molecule has 2 saturated heterocycles. The lowest BCUT2D eigenvalue weighted by Gasteiger charge is -2.35. The molecule has 0 aromatic carbocycles. The zero-order valence-corrected chi connectivity index (χ0v) is 23.2. The van der Waals surface area contributed by atoms with Crippen LogP contribution in [0.25, 0.3) is 6.08 Å². The van der Waals surface area contributed by atoms with E-state index in [4.69, 9.17) is 12.2 Å². The maximum Gasteiger partial charge on any atom is 0.270 e. The zero-order chi connectivity index (χ0) is 25.5. The van der Waals surface area contributed by atoms with E-state index in [-0.39, 0.29) is 17.0 Å². The van der Waals surface area contributed by atoms with Crippen molar-refractivity contribution in [3.8, 4) is 6.07 Å². The predicted octanol–water partition coefficient (Wildman–Crippen LogP) is 5.85. The molecule has 35 heavy (non-hydrogen) atoms. The second kappa shape index (κ2) is 12.7. The van der Waals surface area contributed by atoms with E-state index in [2.05, 4.69) is 24.8 Å². The Labute approximate surface area is 219 Å². The predicted molar refractivity (Wildman–Crippen MR) is 150 cm³/mol. The topological polar surface area (TPSA) is 69.3 Å². The number of thioether (sulfide) groups is 1. The van der Waals surface area contributed by atoms with Crippen LogP contribution in [0.2, 0.25) is 0 Å². The standard InChI is InChI=1S/C27H38N4O2S2/c1-5-7-8-9-10-14-31-26(33)23(35-27(31)34)17-21-20(4)22(18-28)25(32)30(13-6-2)24(21)29-15-11-19(3)12-16-29/h17,19H,5-16H2,1-4H3. The van der Waals surface area contributed by atoms with E-state index in [9.17, 15) is 14.9 Å². The van der Waals surface area contributed by atoms with Crippen LogP contribution < -0.4 is 10.5 Å². The zero-order valence-electron chi connectivity index (χ0n) is 21.6. The molecule has 0 radical (unpaired) electrons. The van der Waals surface area contributed by atoms with Gasteiger partial charge >= 0.3 is 0 Å². The summed E-state index contributed by atoms with van der Waals surface area (Å²) in [6.45, 7) is 11.2. The Morgan fingerprint density at radius 3 is 2.40 bits per heavy atom. The summed E-state index contributed by atoms with van der Waals surface area (Å²) in [5.74, 6) is 1.42. The summed E-state index contributed by atoms with van der Waals surface area (Å²) in [5, 5.41) is 9.81. The molecule has 0 spiro atoms. The molecule has 1 amide bonds. The van der Waals surface area contributed by atoms with Crippen molar-refractivity contribution in [3.63, 3.8) is 0 Å². The largest absolute Gasteiger partial charge is 0.357 e. The van der Waals surface area contributed by atoms with Crippen molar-refractivity contribution in [3.05, 3.63) is 31.9 Å². The van der Waals surface area contributed by atoms with Crippen molar-refractivity contribution >= 4 is 46.1 Å². The number of hydrogen-bond donors (Lipinski definition) is 0. The first-order valence-corrected chi connectivity index (χ1v) is 14.2. The molecule has 8 heteroatoms. The van der Waals surface area contributed by atoms with Gasteiger partial charge in [-0.15, -0.1) is 0 Å². The van der Waals surface area contributed by atoms with Gasteiger partial charge in [-0.2, -0.15) is 5.26 Å². The molecule has 0 N–H and O–H groups in total. The second-order valence-electron chi connectivity index (χ2n) is 9.72. The van der Waals surface area contributed by atoms with Crippen LogP contribution in [-0.4, -0.2) is 39.3 Å². The molecule has 6 nitrogen and oxygen atoms in total. The summed E-state index contributed by atoms with van der Waals surface area (Å²) in [6, 6.07) is 2.13. The Balaban J connectivity index is 2.02. The number of anilines is 1. The molecule has 1 aromatic rings. The molecule has 0 bridgehead atoms. The quantitative estimate of drug-likeness (QED) is 0.222. The summed E-state index contributed by atoms with van der Waals surface area (Å²) in [6.07, 6.45) is 10.4. The Morgan fingerprint density at radius 2 is 1.77 bits per heavy atom. The molecule has 1 aromatic heterocycles. The monoisotopic (exact) mass is 514 g/mol. The Hall–Kier alpha value is -2.11. The molecule has 0 atom stereocenters. The van der Waals surface area contributed by atoms with Crippen LogP contribution in [0.4, 0.5) is 5.82 Å². The highest BCUT2D eigenvalue weighted by molar-refractivity contribution is 8.26. The van der Waals surface area contributed by atoms with Gasteiger partial charge in [0.2, 0.25) is 0 Å². The van der Waals surface area contributed by atoms with Gasteiger partial charge in [-0.3, -0.25) is 19.1 Å². The molecule has 0 unspecified atom stereocenters. The van der Waals surface area contributed by atoms with Crippen LogP contribution >= 0.6 is 24.0 Å². The lowest BCUT2D eigenvalue weighted by molar-refractivity contribution is -0.122. The molecule has 2 fully saturated rings. The van der Waals surface area contributed by atoms with E-state index in [1.54, 1.807) is 9.47 Å². The first kappa shape index (κ1) is 27.5. The first-order valence-electron chi connectivity index (χ1n) is 13.0. The third-order valence-electron chi connectivity index (χ3n) is 7.01. The minimum Gasteiger partial charge on any atom is -0.357 e. The number of pyridine rings is 1. The SMILES string of the molecule is CCCCCCCN1C(=O)C(=Cc2c(C)c(C#N)c(=O)n(CCC)c2N2CCC(C)CC2)SC1=S. The Morgan fingerprint density at radius 1 is 1.09 bits per heavy atom. The van der Waals surface area contributed by atoms with E-state index in [0.29, 0.717) is 33.8 Å². The van der Waals surface area contributed by atoms with E-state index >= 15 is 0 Å². The fourth-order valence-corrected chi connectivity index (χ4v) is 6.12. The highest BCUT2D eigenvalue weighted by Gasteiger charge is 2.33. The van der Waals surface area contributed by atoms with Gasteiger partial charge in [0.15, 0.2) is 0 Å². The molecule has 3 heterocycles. The van der Waals surface area contributed by atoms with Gasteiger partial charge in [0.05, 0.1) is 4.91 Å². The van der Waals surface area contributed by atoms with Gasteiger partial charge in [-0.05, 0) is 50.2 Å². The summed E-state index contributed by atoms with van der Waals surface area (Å²) >= 11 is 6.89. The van der Waals surface area contributed by atoms with Crippen LogP contribution in [0, 0.1) is 24.2 Å². The molecule has 3 rings (SSSR count). The van der Waals surface area contributed by atoms with Gasteiger partial charge in [0, 0.05) is 31.7 Å². The smallest absolute Gasteiger partial charge is 0.270 e. The first-order chi connectivity index (χ1) is 16.8. The van der Waals surface area contributed by atoms with Crippen molar-refractivity contribution in [2.75, 3.05) is 24.5 Å². The fourth-order valence-electron chi connectivity index (χ4n) is 4.83. The summed E-state index contributed by atoms with van der Waals surface area (Å²) in [5.41, 5.74) is 1.36. The Kier molecular flexibility index (Phi) is 9.99. The van der Waals surface area contributed by atoms with Crippen molar-refractivity contribution in [2.24, 2.45) is 5.92 Å². The van der Waals surface area contributed by atoms with Gasteiger partial charge in [0.1, 0.15) is 21.8 Å². The van der Waals surface area contributed by atoms with E-state index in [1.165, 1.54) is 31.0 Å². The van der Waals surface area contributed by atoms with Gasteiger partial charge in [0.25, 0.3) is 11.5 Å². The fraction of sp³-hybridized carbons (Fsp3) is 0.630. The van der Waals surface area contributed by atoms with Crippen LogP contribution in [-0.2, 0) is 11.3 Å². The van der Waals surface area contributed by atoms with E-state index in [1.807, 2.05) is 19.9 Å². The van der Waals surface area contributed by atoms with Crippen LogP contribution in [0.5, 0.6) is 0 Å². The molecule has 2 aliphatic heterocycles. The molecule has 190 valence electrons. The molecule has 2 aliphatic rings. The van der Waals surface area contributed by atoms with Gasteiger partial charge < -0.3 is 4.90 Å². The number of aromatic nitrogens is 1. The van der Waals surface area contributed by atoms with Crippen LogP contribution in [0.1, 0.15) is 88.8 Å². The maximum absolute atomic E-state index is 13.3. The number of nitriles is 1. The number of carbonyl (C=O) groups is 1. The minimum atomic E-state index is -0.239. The van der Waals surface area contributed by atoms with E-state index in [0.717, 1.165) is 56.6 Å². The average Bonchev–Trinajstić information content (AvgIpc) is 3.10. The maximum atomic E-state index is 13.3. The number of amides is 1. The molecule has 0 aliphatic carbocycles. The number of thiocarbonyl (C=S) groups is 1. The van der Waals surface area contributed by atoms with Crippen molar-refractivity contribution in [2.45, 2.75) is 85.6 Å². The third kappa shape index (κ3) is 6.18. The lowest BCUT2D eigenvalue weighted by atomic mass is 9.97. The lowest BCUT2D eigenvalue weighted by Crippen LogP contribution is -2.39. The summed E-state index contributed by atoms with van der Waals surface area (Å²) < 4.78 is 2.34. The van der Waals surface area contributed by atoms with Gasteiger partial charge in [-0.25, -0.2) is 0 Å². The number of carbonyl (C=O) groups excluding carboxylic acids is 1. The average molecular weight is 515 g/mol. The highest BCUT2D eigenvalue weighted by Crippen LogP contribution is 2.37.